The standard InChI is InChI=1S/C13H7Cl2N3O/c14-9-3-4-10(13-8(9)2-1-5-17-13)19-12-7-16-6-11(15)18-12/h1-7H. The average molecular weight is 292 g/mol. The van der Waals surface area contributed by atoms with Gasteiger partial charge < -0.3 is 4.74 Å². The summed E-state index contributed by atoms with van der Waals surface area (Å²) < 4.78 is 5.65. The molecule has 0 bridgehead atoms. The molecule has 0 unspecified atom stereocenters. The minimum atomic E-state index is 0.267. The summed E-state index contributed by atoms with van der Waals surface area (Å²) >= 11 is 11.9. The van der Waals surface area contributed by atoms with E-state index in [1.165, 1.54) is 12.4 Å². The molecule has 0 spiro atoms. The summed E-state index contributed by atoms with van der Waals surface area (Å²) in [5.41, 5.74) is 0.664. The van der Waals surface area contributed by atoms with Crippen molar-refractivity contribution in [2.45, 2.75) is 0 Å². The van der Waals surface area contributed by atoms with Gasteiger partial charge in [0.2, 0.25) is 5.88 Å². The number of fused-ring (bicyclic) bond motifs is 1. The third kappa shape index (κ3) is 2.45. The smallest absolute Gasteiger partial charge is 0.239 e. The van der Waals surface area contributed by atoms with Gasteiger partial charge in [-0.1, -0.05) is 23.2 Å². The van der Waals surface area contributed by atoms with Gasteiger partial charge in [0.05, 0.1) is 17.4 Å². The first-order valence-corrected chi connectivity index (χ1v) is 6.18. The van der Waals surface area contributed by atoms with Crippen LogP contribution in [0.25, 0.3) is 10.9 Å². The van der Waals surface area contributed by atoms with Crippen LogP contribution in [0.2, 0.25) is 10.2 Å². The molecule has 0 fully saturated rings. The molecular weight excluding hydrogens is 285 g/mol. The maximum absolute atomic E-state index is 6.11. The van der Waals surface area contributed by atoms with Crippen LogP contribution in [0.1, 0.15) is 0 Å². The predicted octanol–water partition coefficient (Wildman–Crippen LogP) is 4.12. The van der Waals surface area contributed by atoms with E-state index in [-0.39, 0.29) is 5.15 Å². The van der Waals surface area contributed by atoms with Crippen molar-refractivity contribution in [2.24, 2.45) is 0 Å². The Bertz CT molecular complexity index is 749. The van der Waals surface area contributed by atoms with Gasteiger partial charge in [-0.25, -0.2) is 0 Å². The van der Waals surface area contributed by atoms with E-state index in [0.717, 1.165) is 5.39 Å². The molecule has 6 heteroatoms. The van der Waals surface area contributed by atoms with E-state index in [1.54, 1.807) is 18.3 Å². The van der Waals surface area contributed by atoms with Crippen molar-refractivity contribution in [3.05, 3.63) is 53.0 Å². The maximum Gasteiger partial charge on any atom is 0.239 e. The van der Waals surface area contributed by atoms with Crippen molar-refractivity contribution in [1.82, 2.24) is 15.0 Å². The van der Waals surface area contributed by atoms with Crippen molar-refractivity contribution in [3.8, 4) is 11.6 Å². The Morgan fingerprint density at radius 2 is 1.95 bits per heavy atom. The minimum absolute atomic E-state index is 0.267. The van der Waals surface area contributed by atoms with Crippen molar-refractivity contribution in [2.75, 3.05) is 0 Å². The normalized spacial score (nSPS) is 10.6. The molecule has 0 amide bonds. The van der Waals surface area contributed by atoms with Crippen LogP contribution in [-0.4, -0.2) is 15.0 Å². The zero-order chi connectivity index (χ0) is 13.2. The number of nitrogens with zero attached hydrogens (tertiary/aromatic N) is 3. The van der Waals surface area contributed by atoms with Crippen LogP contribution in [0.4, 0.5) is 0 Å². The van der Waals surface area contributed by atoms with Gasteiger partial charge in [0.25, 0.3) is 0 Å². The quantitative estimate of drug-likeness (QED) is 0.712. The molecular formula is C13H7Cl2N3O. The molecule has 0 aliphatic carbocycles. The highest BCUT2D eigenvalue weighted by Crippen LogP contribution is 2.32. The summed E-state index contributed by atoms with van der Waals surface area (Å²) in [7, 11) is 0. The van der Waals surface area contributed by atoms with Crippen molar-refractivity contribution >= 4 is 34.1 Å². The summed E-state index contributed by atoms with van der Waals surface area (Å²) in [6.07, 6.45) is 4.59. The molecule has 2 heterocycles. The SMILES string of the molecule is Clc1cncc(Oc2ccc(Cl)c3cccnc23)n1. The summed E-state index contributed by atoms with van der Waals surface area (Å²) in [6.45, 7) is 0. The number of hydrogen-bond donors (Lipinski definition) is 0. The van der Waals surface area contributed by atoms with Gasteiger partial charge in [-0.05, 0) is 24.3 Å². The van der Waals surface area contributed by atoms with Crippen LogP contribution in [0.3, 0.4) is 0 Å². The predicted molar refractivity (Wildman–Crippen MR) is 73.9 cm³/mol. The van der Waals surface area contributed by atoms with Crippen LogP contribution in [0.5, 0.6) is 11.6 Å². The fraction of sp³-hybridized carbons (Fsp3) is 0. The monoisotopic (exact) mass is 291 g/mol. The molecule has 2 aromatic heterocycles. The Kier molecular flexibility index (Phi) is 3.19. The number of aromatic nitrogens is 3. The summed E-state index contributed by atoms with van der Waals surface area (Å²) in [5.74, 6) is 0.860. The highest BCUT2D eigenvalue weighted by Gasteiger charge is 2.08. The molecule has 0 atom stereocenters. The second kappa shape index (κ2) is 4.99. The number of pyridine rings is 1. The Morgan fingerprint density at radius 3 is 2.79 bits per heavy atom. The Balaban J connectivity index is 2.09. The Labute approximate surface area is 119 Å². The lowest BCUT2D eigenvalue weighted by atomic mass is 10.2. The summed E-state index contributed by atoms with van der Waals surface area (Å²) in [4.78, 5) is 12.2. The van der Waals surface area contributed by atoms with Crippen LogP contribution >= 0.6 is 23.2 Å². The second-order valence-corrected chi connectivity index (χ2v) is 4.52. The Morgan fingerprint density at radius 1 is 1.05 bits per heavy atom. The van der Waals surface area contributed by atoms with Gasteiger partial charge in [0, 0.05) is 11.6 Å². The number of halogens is 2. The van der Waals surface area contributed by atoms with Crippen LogP contribution in [0, 0.1) is 0 Å². The lowest BCUT2D eigenvalue weighted by Gasteiger charge is -2.08. The molecule has 4 nitrogen and oxygen atoms in total. The number of ether oxygens (including phenoxy) is 1. The zero-order valence-electron chi connectivity index (χ0n) is 9.55. The van der Waals surface area contributed by atoms with Crippen molar-refractivity contribution in [1.29, 1.82) is 0 Å². The Hall–Kier alpha value is -1.91. The lowest BCUT2D eigenvalue weighted by molar-refractivity contribution is 0.464. The third-order valence-corrected chi connectivity index (χ3v) is 2.99. The van der Waals surface area contributed by atoms with E-state index in [1.807, 2.05) is 12.1 Å². The van der Waals surface area contributed by atoms with E-state index < -0.39 is 0 Å². The third-order valence-electron chi connectivity index (χ3n) is 2.48. The number of benzene rings is 1. The van der Waals surface area contributed by atoms with E-state index in [0.29, 0.717) is 22.2 Å². The van der Waals surface area contributed by atoms with E-state index in [9.17, 15) is 0 Å². The molecule has 0 radical (unpaired) electrons. The highest BCUT2D eigenvalue weighted by atomic mass is 35.5. The van der Waals surface area contributed by atoms with Crippen LogP contribution in [-0.2, 0) is 0 Å². The molecule has 1 aromatic carbocycles. The molecule has 3 rings (SSSR count). The first-order valence-electron chi connectivity index (χ1n) is 5.43. The molecule has 0 N–H and O–H groups in total. The van der Waals surface area contributed by atoms with Gasteiger partial charge in [-0.15, -0.1) is 0 Å². The molecule has 0 saturated heterocycles. The fourth-order valence-corrected chi connectivity index (χ4v) is 2.04. The minimum Gasteiger partial charge on any atom is -0.435 e. The number of hydrogen-bond acceptors (Lipinski definition) is 4. The molecule has 94 valence electrons. The number of rotatable bonds is 2. The first-order chi connectivity index (χ1) is 9.24. The topological polar surface area (TPSA) is 47.9 Å². The van der Waals surface area contributed by atoms with Crippen molar-refractivity contribution in [3.63, 3.8) is 0 Å². The average Bonchev–Trinajstić information content (AvgIpc) is 2.42. The van der Waals surface area contributed by atoms with Crippen LogP contribution < -0.4 is 4.74 Å². The van der Waals surface area contributed by atoms with E-state index >= 15 is 0 Å². The van der Waals surface area contributed by atoms with Gasteiger partial charge >= 0.3 is 0 Å². The van der Waals surface area contributed by atoms with Gasteiger partial charge in [-0.2, -0.15) is 4.98 Å². The molecule has 3 aromatic rings. The molecule has 0 saturated carbocycles. The van der Waals surface area contributed by atoms with E-state index in [4.69, 9.17) is 27.9 Å². The molecule has 0 aliphatic rings. The van der Waals surface area contributed by atoms with Gasteiger partial charge in [0.15, 0.2) is 10.9 Å². The maximum atomic E-state index is 6.11. The molecule has 19 heavy (non-hydrogen) atoms. The second-order valence-electron chi connectivity index (χ2n) is 3.73. The van der Waals surface area contributed by atoms with Gasteiger partial charge in [-0.3, -0.25) is 9.97 Å². The first kappa shape index (κ1) is 12.1. The highest BCUT2D eigenvalue weighted by molar-refractivity contribution is 6.35. The summed E-state index contributed by atoms with van der Waals surface area (Å²) in [5, 5.41) is 1.70. The lowest BCUT2D eigenvalue weighted by Crippen LogP contribution is -1.91. The largest absolute Gasteiger partial charge is 0.435 e. The summed E-state index contributed by atoms with van der Waals surface area (Å²) in [6, 6.07) is 7.18. The van der Waals surface area contributed by atoms with E-state index in [2.05, 4.69) is 15.0 Å². The van der Waals surface area contributed by atoms with Crippen molar-refractivity contribution < 1.29 is 4.74 Å². The van der Waals surface area contributed by atoms with Crippen LogP contribution in [0.15, 0.2) is 42.9 Å². The van der Waals surface area contributed by atoms with Gasteiger partial charge in [0.1, 0.15) is 5.52 Å². The molecule has 0 aliphatic heterocycles. The fourth-order valence-electron chi connectivity index (χ4n) is 1.68. The zero-order valence-corrected chi connectivity index (χ0v) is 11.1.